The maximum Gasteiger partial charge on any atom is 0.0399 e. The lowest BCUT2D eigenvalue weighted by atomic mass is 9.94. The first-order valence-electron chi connectivity index (χ1n) is 7.63. The van der Waals surface area contributed by atoms with Crippen molar-refractivity contribution < 1.29 is 0 Å². The summed E-state index contributed by atoms with van der Waals surface area (Å²) < 4.78 is 3.61. The fourth-order valence-electron chi connectivity index (χ4n) is 3.69. The van der Waals surface area contributed by atoms with Crippen molar-refractivity contribution in [2.45, 2.75) is 31.2 Å². The average molecular weight is 340 g/mol. The molecular formula is C19H18BrN. The van der Waals surface area contributed by atoms with Crippen LogP contribution in [0.15, 0.2) is 65.4 Å². The molecular weight excluding hydrogens is 322 g/mol. The van der Waals surface area contributed by atoms with Crippen molar-refractivity contribution in [3.63, 3.8) is 0 Å². The Bertz CT molecular complexity index is 724. The van der Waals surface area contributed by atoms with Crippen LogP contribution in [0.4, 0.5) is 0 Å². The molecule has 1 saturated carbocycles. The topological polar surface area (TPSA) is 4.93 Å². The van der Waals surface area contributed by atoms with Gasteiger partial charge in [0.05, 0.1) is 0 Å². The molecule has 0 amide bonds. The van der Waals surface area contributed by atoms with Gasteiger partial charge < -0.3 is 4.57 Å². The average Bonchev–Trinajstić information content (AvgIpc) is 3.14. The second-order valence-corrected chi connectivity index (χ2v) is 6.91. The number of benzene rings is 2. The molecule has 2 heteroatoms. The lowest BCUT2D eigenvalue weighted by molar-refractivity contribution is 0.468. The minimum Gasteiger partial charge on any atom is -0.349 e. The highest BCUT2D eigenvalue weighted by Crippen LogP contribution is 2.43. The van der Waals surface area contributed by atoms with E-state index in [9.17, 15) is 0 Å². The van der Waals surface area contributed by atoms with Gasteiger partial charge in [-0.3, -0.25) is 0 Å². The summed E-state index contributed by atoms with van der Waals surface area (Å²) in [7, 11) is 0. The Morgan fingerprint density at radius 2 is 1.52 bits per heavy atom. The fraction of sp³-hybridized carbons (Fsp3) is 0.263. The van der Waals surface area contributed by atoms with Gasteiger partial charge in [0.25, 0.3) is 0 Å². The summed E-state index contributed by atoms with van der Waals surface area (Å²) in [5.74, 6) is 0.639. The molecule has 2 aromatic carbocycles. The van der Waals surface area contributed by atoms with Gasteiger partial charge in [0.1, 0.15) is 0 Å². The number of hydrogen-bond acceptors (Lipinski definition) is 0. The van der Waals surface area contributed by atoms with Crippen molar-refractivity contribution in [3.05, 3.63) is 71.0 Å². The maximum atomic E-state index is 3.53. The highest BCUT2D eigenvalue weighted by molar-refractivity contribution is 9.10. The molecule has 0 radical (unpaired) electrons. The van der Waals surface area contributed by atoms with Gasteiger partial charge in [-0.2, -0.15) is 0 Å². The number of rotatable bonds is 2. The van der Waals surface area contributed by atoms with Crippen LogP contribution in [-0.4, -0.2) is 4.57 Å². The monoisotopic (exact) mass is 339 g/mol. The Morgan fingerprint density at radius 3 is 2.19 bits per heavy atom. The van der Waals surface area contributed by atoms with E-state index in [0.29, 0.717) is 12.0 Å². The van der Waals surface area contributed by atoms with E-state index in [1.54, 1.807) is 0 Å². The van der Waals surface area contributed by atoms with Crippen molar-refractivity contribution in [3.8, 4) is 0 Å². The zero-order valence-electron chi connectivity index (χ0n) is 11.9. The van der Waals surface area contributed by atoms with Gasteiger partial charge in [0.15, 0.2) is 0 Å². The molecule has 106 valence electrons. The van der Waals surface area contributed by atoms with Gasteiger partial charge in [0.2, 0.25) is 0 Å². The van der Waals surface area contributed by atoms with Gasteiger partial charge in [-0.05, 0) is 41.3 Å². The van der Waals surface area contributed by atoms with Crippen LogP contribution in [0.5, 0.6) is 0 Å². The van der Waals surface area contributed by atoms with E-state index in [4.69, 9.17) is 0 Å². The van der Waals surface area contributed by atoms with Crippen LogP contribution in [0.1, 0.15) is 36.8 Å². The molecule has 1 aliphatic rings. The zero-order chi connectivity index (χ0) is 14.2. The summed E-state index contributed by atoms with van der Waals surface area (Å²) in [6.07, 6.45) is 8.52. The number of aromatic nitrogens is 1. The Morgan fingerprint density at radius 1 is 0.857 bits per heavy atom. The largest absolute Gasteiger partial charge is 0.349 e. The third-order valence-electron chi connectivity index (χ3n) is 4.73. The molecule has 3 aromatic rings. The van der Waals surface area contributed by atoms with Crippen LogP contribution < -0.4 is 0 Å². The molecule has 1 aromatic heterocycles. The number of hydrogen-bond donors (Lipinski definition) is 0. The molecule has 0 unspecified atom stereocenters. The van der Waals surface area contributed by atoms with Gasteiger partial charge in [0, 0.05) is 28.8 Å². The quantitative estimate of drug-likeness (QED) is 0.546. The normalized spacial score (nSPS) is 22.0. The van der Waals surface area contributed by atoms with E-state index in [0.717, 1.165) is 4.47 Å². The molecule has 0 spiro atoms. The van der Waals surface area contributed by atoms with Crippen LogP contribution in [0.3, 0.4) is 0 Å². The van der Waals surface area contributed by atoms with E-state index in [-0.39, 0.29) is 0 Å². The summed E-state index contributed by atoms with van der Waals surface area (Å²) in [5.41, 5.74) is 1.47. The fourth-order valence-corrected chi connectivity index (χ4v) is 3.96. The molecule has 0 bridgehead atoms. The van der Waals surface area contributed by atoms with E-state index in [2.05, 4.69) is 81.4 Å². The van der Waals surface area contributed by atoms with E-state index in [1.165, 1.54) is 35.6 Å². The van der Waals surface area contributed by atoms with Crippen molar-refractivity contribution >= 4 is 26.7 Å². The van der Waals surface area contributed by atoms with Crippen molar-refractivity contribution in [1.29, 1.82) is 0 Å². The second kappa shape index (κ2) is 5.34. The molecule has 1 nitrogen and oxygen atoms in total. The van der Waals surface area contributed by atoms with Gasteiger partial charge in [-0.1, -0.05) is 58.7 Å². The number of nitrogens with zero attached hydrogens (tertiary/aromatic N) is 1. The summed E-state index contributed by atoms with van der Waals surface area (Å²) in [6.45, 7) is 0. The first kappa shape index (κ1) is 13.1. The standard InChI is InChI=1S/C19H18BrN/c20-17-10-8-14(9-11-17)18-6-3-7-19(18)21-12-15-4-1-2-5-16(15)13-21/h1-2,4-5,8-13,18-19H,3,6-7H2/t18-,19+/m0/s1. The second-order valence-electron chi connectivity index (χ2n) is 5.99. The molecule has 1 aliphatic carbocycles. The van der Waals surface area contributed by atoms with E-state index in [1.807, 2.05) is 0 Å². The Kier molecular flexibility index (Phi) is 3.34. The molecule has 4 rings (SSSR count). The summed E-state index contributed by atoms with van der Waals surface area (Å²) in [5, 5.41) is 2.69. The first-order valence-corrected chi connectivity index (χ1v) is 8.42. The Hall–Kier alpha value is -1.54. The predicted octanol–water partition coefficient (Wildman–Crippen LogP) is 5.91. The van der Waals surface area contributed by atoms with Crippen LogP contribution in [0.25, 0.3) is 10.8 Å². The minimum atomic E-state index is 0.596. The number of halogens is 1. The summed E-state index contributed by atoms with van der Waals surface area (Å²) >= 11 is 3.53. The third kappa shape index (κ3) is 2.42. The zero-order valence-corrected chi connectivity index (χ0v) is 13.5. The van der Waals surface area contributed by atoms with Crippen molar-refractivity contribution in [2.24, 2.45) is 0 Å². The molecule has 2 atom stereocenters. The molecule has 0 aliphatic heterocycles. The Labute approximate surface area is 133 Å². The van der Waals surface area contributed by atoms with Crippen LogP contribution in [-0.2, 0) is 0 Å². The van der Waals surface area contributed by atoms with Crippen LogP contribution >= 0.6 is 15.9 Å². The Balaban J connectivity index is 1.71. The maximum absolute atomic E-state index is 3.53. The third-order valence-corrected chi connectivity index (χ3v) is 5.26. The lowest BCUT2D eigenvalue weighted by Gasteiger charge is -2.22. The lowest BCUT2D eigenvalue weighted by Crippen LogP contribution is -2.10. The molecule has 0 N–H and O–H groups in total. The van der Waals surface area contributed by atoms with Crippen LogP contribution in [0, 0.1) is 0 Å². The molecule has 1 heterocycles. The minimum absolute atomic E-state index is 0.596. The van der Waals surface area contributed by atoms with Crippen molar-refractivity contribution in [2.75, 3.05) is 0 Å². The van der Waals surface area contributed by atoms with Crippen LogP contribution in [0.2, 0.25) is 0 Å². The highest BCUT2D eigenvalue weighted by atomic mass is 79.9. The van der Waals surface area contributed by atoms with E-state index < -0.39 is 0 Å². The molecule has 1 fully saturated rings. The number of fused-ring (bicyclic) bond motifs is 1. The van der Waals surface area contributed by atoms with Crippen molar-refractivity contribution in [1.82, 2.24) is 4.57 Å². The molecule has 0 saturated heterocycles. The van der Waals surface area contributed by atoms with Gasteiger partial charge in [-0.15, -0.1) is 0 Å². The summed E-state index contributed by atoms with van der Waals surface area (Å²) in [6, 6.07) is 18.1. The van der Waals surface area contributed by atoms with Gasteiger partial charge in [-0.25, -0.2) is 0 Å². The van der Waals surface area contributed by atoms with Gasteiger partial charge >= 0.3 is 0 Å². The first-order chi connectivity index (χ1) is 10.3. The molecule has 21 heavy (non-hydrogen) atoms. The highest BCUT2D eigenvalue weighted by Gasteiger charge is 2.29. The summed E-state index contributed by atoms with van der Waals surface area (Å²) in [4.78, 5) is 0. The van der Waals surface area contributed by atoms with E-state index >= 15 is 0 Å². The smallest absolute Gasteiger partial charge is 0.0399 e. The SMILES string of the molecule is Brc1ccc([C@@H]2CCC[C@H]2n2cc3ccccc3c2)cc1. The predicted molar refractivity (Wildman–Crippen MR) is 91.7 cm³/mol.